The number of hydrogen-bond donors (Lipinski definition) is 4. The Labute approximate surface area is 240 Å². The Balaban J connectivity index is 3.21. The van der Waals surface area contributed by atoms with Gasteiger partial charge in [-0.15, -0.1) is 0 Å². The first kappa shape index (κ1) is 38.4. The normalized spacial score (nSPS) is 11.5. The van der Waals surface area contributed by atoms with Crippen molar-refractivity contribution in [1.29, 1.82) is 0 Å². The molecule has 0 heterocycles. The molecule has 13 heteroatoms. The maximum Gasteiger partial charge on any atom is 0.407 e. The highest BCUT2D eigenvalue weighted by Gasteiger charge is 2.15. The van der Waals surface area contributed by atoms with E-state index in [4.69, 9.17) is 38.9 Å². The summed E-state index contributed by atoms with van der Waals surface area (Å²) < 4.78 is 37.8. The molecule has 238 valence electrons. The molecule has 2 amide bonds. The van der Waals surface area contributed by atoms with E-state index in [9.17, 15) is 9.59 Å². The number of rotatable bonds is 29. The van der Waals surface area contributed by atoms with Gasteiger partial charge in [-0.3, -0.25) is 4.79 Å². The molecule has 40 heavy (non-hydrogen) atoms. The van der Waals surface area contributed by atoms with E-state index in [2.05, 4.69) is 16.0 Å². The Morgan fingerprint density at radius 1 is 0.575 bits per heavy atom. The van der Waals surface area contributed by atoms with Gasteiger partial charge in [0, 0.05) is 39.5 Å². The first-order chi connectivity index (χ1) is 19.3. The van der Waals surface area contributed by atoms with E-state index >= 15 is 0 Å². The minimum atomic E-state index is -0.495. The smallest absolute Gasteiger partial charge is 0.407 e. The van der Waals surface area contributed by atoms with Gasteiger partial charge in [0.25, 0.3) is 0 Å². The topological polar surface area (TPSA) is 161 Å². The fourth-order valence-electron chi connectivity index (χ4n) is 2.91. The van der Waals surface area contributed by atoms with E-state index in [0.717, 1.165) is 19.3 Å². The van der Waals surface area contributed by atoms with Crippen molar-refractivity contribution in [2.75, 3.05) is 112 Å². The van der Waals surface area contributed by atoms with Crippen molar-refractivity contribution in [3.05, 3.63) is 0 Å². The van der Waals surface area contributed by atoms with Gasteiger partial charge in [0.15, 0.2) is 0 Å². The Morgan fingerprint density at radius 2 is 0.975 bits per heavy atom. The van der Waals surface area contributed by atoms with E-state index in [1.165, 1.54) is 0 Å². The number of nitrogens with one attached hydrogen (secondary N) is 3. The van der Waals surface area contributed by atoms with Crippen LogP contribution >= 0.6 is 0 Å². The van der Waals surface area contributed by atoms with Crippen molar-refractivity contribution >= 4 is 12.0 Å². The molecule has 0 unspecified atom stereocenters. The van der Waals surface area contributed by atoms with Gasteiger partial charge >= 0.3 is 6.09 Å². The van der Waals surface area contributed by atoms with Crippen LogP contribution in [0.3, 0.4) is 0 Å². The summed E-state index contributed by atoms with van der Waals surface area (Å²) in [6.07, 6.45) is 2.71. The molecule has 13 nitrogen and oxygen atoms in total. The van der Waals surface area contributed by atoms with E-state index in [-0.39, 0.29) is 12.5 Å². The van der Waals surface area contributed by atoms with Gasteiger partial charge in [-0.2, -0.15) is 0 Å². The highest BCUT2D eigenvalue weighted by Crippen LogP contribution is 2.06. The Kier molecular flexibility index (Phi) is 27.8. The quantitative estimate of drug-likeness (QED) is 0.0928. The van der Waals surface area contributed by atoms with Gasteiger partial charge in [-0.1, -0.05) is 0 Å². The minimum absolute atomic E-state index is 0.0352. The highest BCUT2D eigenvalue weighted by atomic mass is 16.6. The average molecular weight is 581 g/mol. The van der Waals surface area contributed by atoms with Gasteiger partial charge in [0.2, 0.25) is 5.91 Å². The zero-order valence-corrected chi connectivity index (χ0v) is 25.1. The monoisotopic (exact) mass is 580 g/mol. The van der Waals surface area contributed by atoms with Crippen LogP contribution in [0, 0.1) is 0 Å². The van der Waals surface area contributed by atoms with E-state index in [1.54, 1.807) is 0 Å². The fraction of sp³-hybridized carbons (Fsp3) is 0.926. The molecule has 0 atom stereocenters. The van der Waals surface area contributed by atoms with Crippen molar-refractivity contribution in [3.8, 4) is 0 Å². The standard InChI is InChI=1S/C27H56N4O9/c1-27(2,3)40-26(33)31-11-7-15-37-19-23-39-22-18-36-14-6-10-30-25(32)24-29-9-5-13-35-17-21-38-20-16-34-12-4-8-28/h29H,4-24,28H2,1-3H3,(H,30,32)(H,31,33). The average Bonchev–Trinajstić information content (AvgIpc) is 2.90. The highest BCUT2D eigenvalue weighted by molar-refractivity contribution is 5.77. The molecule has 5 N–H and O–H groups in total. The number of hydrogen-bond acceptors (Lipinski definition) is 11. The van der Waals surface area contributed by atoms with Crippen LogP contribution in [0.25, 0.3) is 0 Å². The number of carbonyl (C=O) groups excluding carboxylic acids is 2. The number of ether oxygens (including phenoxy) is 7. The molecule has 0 bridgehead atoms. The summed E-state index contributed by atoms with van der Waals surface area (Å²) >= 11 is 0. The molecule has 0 spiro atoms. The molecule has 0 rings (SSSR count). The molecule has 0 aliphatic rings. The summed E-state index contributed by atoms with van der Waals surface area (Å²) in [7, 11) is 0. The zero-order chi connectivity index (χ0) is 29.6. The van der Waals surface area contributed by atoms with Crippen LogP contribution in [0.5, 0.6) is 0 Å². The van der Waals surface area contributed by atoms with Crippen LogP contribution in [0.1, 0.15) is 46.5 Å². The predicted molar refractivity (Wildman–Crippen MR) is 153 cm³/mol. The third-order valence-corrected chi connectivity index (χ3v) is 4.83. The van der Waals surface area contributed by atoms with Crippen molar-refractivity contribution in [2.45, 2.75) is 52.1 Å². The summed E-state index contributed by atoms with van der Waals surface area (Å²) in [5.41, 5.74) is 4.89. The lowest BCUT2D eigenvalue weighted by atomic mass is 10.2. The number of alkyl carbamates (subject to hydrolysis) is 1. The van der Waals surface area contributed by atoms with Crippen LogP contribution in [0.2, 0.25) is 0 Å². The Morgan fingerprint density at radius 3 is 1.43 bits per heavy atom. The second-order valence-corrected chi connectivity index (χ2v) is 9.83. The Hall–Kier alpha value is -1.58. The molecular formula is C27H56N4O9. The molecule has 0 aromatic carbocycles. The molecule has 0 saturated heterocycles. The van der Waals surface area contributed by atoms with Gasteiger partial charge in [0.1, 0.15) is 5.60 Å². The summed E-state index contributed by atoms with van der Waals surface area (Å²) in [5, 5.41) is 8.65. The van der Waals surface area contributed by atoms with Crippen molar-refractivity contribution in [3.63, 3.8) is 0 Å². The molecule has 0 aromatic heterocycles. The maximum atomic E-state index is 11.8. The maximum absolute atomic E-state index is 11.8. The van der Waals surface area contributed by atoms with Gasteiger partial charge in [-0.05, 0) is 59.5 Å². The molecule has 0 saturated carbocycles. The van der Waals surface area contributed by atoms with Gasteiger partial charge < -0.3 is 54.8 Å². The van der Waals surface area contributed by atoms with E-state index < -0.39 is 11.7 Å². The largest absolute Gasteiger partial charge is 0.444 e. The number of carbonyl (C=O) groups is 2. The lowest BCUT2D eigenvalue weighted by molar-refractivity contribution is -0.120. The van der Waals surface area contributed by atoms with Gasteiger partial charge in [-0.25, -0.2) is 4.79 Å². The minimum Gasteiger partial charge on any atom is -0.444 e. The Bertz CT molecular complexity index is 581. The number of amides is 2. The molecule has 0 radical (unpaired) electrons. The van der Waals surface area contributed by atoms with Crippen LogP contribution < -0.4 is 21.7 Å². The van der Waals surface area contributed by atoms with Crippen molar-refractivity contribution in [2.24, 2.45) is 5.73 Å². The third-order valence-electron chi connectivity index (χ3n) is 4.83. The lowest BCUT2D eigenvalue weighted by Crippen LogP contribution is -2.35. The number of nitrogens with two attached hydrogens (primary N) is 1. The first-order valence-corrected chi connectivity index (χ1v) is 14.5. The first-order valence-electron chi connectivity index (χ1n) is 14.5. The third kappa shape index (κ3) is 32.6. The summed E-state index contributed by atoms with van der Waals surface area (Å²) in [6.45, 7) is 14.7. The molecule has 0 fully saturated rings. The molecular weight excluding hydrogens is 524 g/mol. The van der Waals surface area contributed by atoms with Gasteiger partial charge in [0.05, 0.1) is 59.4 Å². The van der Waals surface area contributed by atoms with E-state index in [1.807, 2.05) is 20.8 Å². The fourth-order valence-corrected chi connectivity index (χ4v) is 2.91. The second-order valence-electron chi connectivity index (χ2n) is 9.83. The SMILES string of the molecule is CC(C)(C)OC(=O)NCCCOCCOCCOCCCNC(=O)CNCCCOCCOCCOCCCN. The zero-order valence-electron chi connectivity index (χ0n) is 25.1. The van der Waals surface area contributed by atoms with E-state index in [0.29, 0.717) is 112 Å². The predicted octanol–water partition coefficient (Wildman–Crippen LogP) is 0.836. The van der Waals surface area contributed by atoms with Crippen LogP contribution in [-0.2, 0) is 38.0 Å². The second kappa shape index (κ2) is 28.9. The summed E-state index contributed by atoms with van der Waals surface area (Å²) in [5.74, 6) is -0.0352. The summed E-state index contributed by atoms with van der Waals surface area (Å²) in [6, 6.07) is 0. The molecule has 0 aliphatic carbocycles. The summed E-state index contributed by atoms with van der Waals surface area (Å²) in [4.78, 5) is 23.3. The molecule has 0 aromatic rings. The van der Waals surface area contributed by atoms with Crippen LogP contribution in [-0.4, -0.2) is 130 Å². The van der Waals surface area contributed by atoms with Crippen molar-refractivity contribution < 1.29 is 42.7 Å². The van der Waals surface area contributed by atoms with Crippen molar-refractivity contribution in [1.82, 2.24) is 16.0 Å². The van der Waals surface area contributed by atoms with Crippen LogP contribution in [0.15, 0.2) is 0 Å². The molecule has 0 aliphatic heterocycles. The lowest BCUT2D eigenvalue weighted by Gasteiger charge is -2.19. The van der Waals surface area contributed by atoms with Crippen LogP contribution in [0.4, 0.5) is 4.79 Å².